The van der Waals surface area contributed by atoms with Crippen LogP contribution in [0, 0.1) is 19.7 Å². The van der Waals surface area contributed by atoms with Crippen molar-refractivity contribution in [3.63, 3.8) is 0 Å². The molecule has 4 heteroatoms. The van der Waals surface area contributed by atoms with Crippen molar-refractivity contribution >= 4 is 5.78 Å². The van der Waals surface area contributed by atoms with E-state index in [4.69, 9.17) is 4.74 Å². The summed E-state index contributed by atoms with van der Waals surface area (Å²) < 4.78 is 18.8. The quantitative estimate of drug-likeness (QED) is 0.838. The van der Waals surface area contributed by atoms with Crippen LogP contribution in [0.25, 0.3) is 11.1 Å². The maximum atomic E-state index is 13.5. The first kappa shape index (κ1) is 19.3. The zero-order chi connectivity index (χ0) is 19.9. The highest BCUT2D eigenvalue weighted by Crippen LogP contribution is 2.42. The lowest BCUT2D eigenvalue weighted by molar-refractivity contribution is -0.125. The van der Waals surface area contributed by atoms with Gasteiger partial charge in [0.05, 0.1) is 17.6 Å². The van der Waals surface area contributed by atoms with Gasteiger partial charge < -0.3 is 10.1 Å². The first-order chi connectivity index (χ1) is 13.4. The SMILES string of the molecule is COC1CCC2(CC1)NCC(c1c(C)ccc(-c3ccc(F)cc3)c1C)C2=O. The number of methoxy groups -OCH3 is 1. The van der Waals surface area contributed by atoms with E-state index in [1.165, 1.54) is 12.1 Å². The summed E-state index contributed by atoms with van der Waals surface area (Å²) in [5, 5.41) is 3.58. The van der Waals surface area contributed by atoms with Crippen molar-refractivity contribution in [1.82, 2.24) is 5.32 Å². The number of aryl methyl sites for hydroxylation is 1. The van der Waals surface area contributed by atoms with Gasteiger partial charge in [-0.2, -0.15) is 0 Å². The normalized spacial score (nSPS) is 27.5. The Kier molecular flexibility index (Phi) is 5.11. The summed E-state index contributed by atoms with van der Waals surface area (Å²) in [6, 6.07) is 10.7. The largest absolute Gasteiger partial charge is 0.381 e. The second-order valence-electron chi connectivity index (χ2n) is 8.29. The van der Waals surface area contributed by atoms with E-state index < -0.39 is 5.54 Å². The van der Waals surface area contributed by atoms with E-state index in [-0.39, 0.29) is 17.8 Å². The Balaban J connectivity index is 1.67. The fourth-order valence-electron chi connectivity index (χ4n) is 5.13. The summed E-state index contributed by atoms with van der Waals surface area (Å²) in [5.74, 6) is -0.0403. The zero-order valence-electron chi connectivity index (χ0n) is 16.8. The molecular weight excluding hydrogens is 353 g/mol. The second kappa shape index (κ2) is 7.41. The fraction of sp³-hybridized carbons (Fsp3) is 0.458. The van der Waals surface area contributed by atoms with Crippen molar-refractivity contribution in [2.75, 3.05) is 13.7 Å². The number of carbonyl (C=O) groups is 1. The molecule has 148 valence electrons. The van der Waals surface area contributed by atoms with Crippen molar-refractivity contribution in [1.29, 1.82) is 0 Å². The van der Waals surface area contributed by atoms with Crippen LogP contribution in [0.4, 0.5) is 4.39 Å². The summed E-state index contributed by atoms with van der Waals surface area (Å²) in [7, 11) is 1.75. The van der Waals surface area contributed by atoms with Crippen LogP contribution < -0.4 is 5.32 Å². The number of ether oxygens (including phenoxy) is 1. The number of hydrogen-bond acceptors (Lipinski definition) is 3. The van der Waals surface area contributed by atoms with Crippen LogP contribution in [0.3, 0.4) is 0 Å². The maximum Gasteiger partial charge on any atom is 0.161 e. The van der Waals surface area contributed by atoms with Gasteiger partial charge in [-0.25, -0.2) is 4.39 Å². The van der Waals surface area contributed by atoms with Crippen LogP contribution in [-0.2, 0) is 9.53 Å². The highest BCUT2D eigenvalue weighted by Gasteiger charge is 2.50. The van der Waals surface area contributed by atoms with Gasteiger partial charge >= 0.3 is 0 Å². The molecular formula is C24H28FNO2. The Hall–Kier alpha value is -2.04. The third kappa shape index (κ3) is 3.19. The Bertz CT molecular complexity index is 882. The number of benzene rings is 2. The predicted octanol–water partition coefficient (Wildman–Crippen LogP) is 4.69. The van der Waals surface area contributed by atoms with Gasteiger partial charge in [0.2, 0.25) is 0 Å². The number of rotatable bonds is 3. The molecule has 1 atom stereocenters. The number of halogens is 1. The molecule has 4 rings (SSSR count). The Morgan fingerprint density at radius 2 is 1.75 bits per heavy atom. The Morgan fingerprint density at radius 3 is 2.39 bits per heavy atom. The molecule has 1 heterocycles. The lowest BCUT2D eigenvalue weighted by atomic mass is 9.74. The van der Waals surface area contributed by atoms with E-state index in [0.29, 0.717) is 12.3 Å². The molecule has 2 aliphatic rings. The highest BCUT2D eigenvalue weighted by molar-refractivity contribution is 5.97. The minimum atomic E-state index is -0.398. The Morgan fingerprint density at radius 1 is 1.07 bits per heavy atom. The maximum absolute atomic E-state index is 13.5. The van der Waals surface area contributed by atoms with E-state index >= 15 is 0 Å². The van der Waals surface area contributed by atoms with Crippen LogP contribution in [-0.4, -0.2) is 31.1 Å². The molecule has 1 aliphatic heterocycles. The molecule has 1 N–H and O–H groups in total. The molecule has 2 aromatic carbocycles. The van der Waals surface area contributed by atoms with Gasteiger partial charge in [0.25, 0.3) is 0 Å². The van der Waals surface area contributed by atoms with Crippen LogP contribution in [0.5, 0.6) is 0 Å². The summed E-state index contributed by atoms with van der Waals surface area (Å²) in [5.41, 5.74) is 5.04. The van der Waals surface area contributed by atoms with E-state index in [2.05, 4.69) is 31.3 Å². The molecule has 3 nitrogen and oxygen atoms in total. The third-order valence-electron chi connectivity index (χ3n) is 6.79. The van der Waals surface area contributed by atoms with Crippen LogP contribution in [0.2, 0.25) is 0 Å². The van der Waals surface area contributed by atoms with Crippen molar-refractivity contribution in [3.05, 3.63) is 58.9 Å². The van der Waals surface area contributed by atoms with E-state index in [1.54, 1.807) is 19.2 Å². The van der Waals surface area contributed by atoms with Gasteiger partial charge in [0.1, 0.15) is 5.82 Å². The van der Waals surface area contributed by atoms with Crippen molar-refractivity contribution in [3.8, 4) is 11.1 Å². The first-order valence-electron chi connectivity index (χ1n) is 10.1. The molecule has 0 aromatic heterocycles. The van der Waals surface area contributed by atoms with E-state index in [1.807, 2.05) is 0 Å². The van der Waals surface area contributed by atoms with Gasteiger partial charge in [-0.05, 0) is 79.5 Å². The number of Topliss-reactive ketones (excluding diaryl/α,β-unsaturated/α-hetero) is 1. The predicted molar refractivity (Wildman–Crippen MR) is 109 cm³/mol. The molecule has 28 heavy (non-hydrogen) atoms. The fourth-order valence-corrected chi connectivity index (χ4v) is 5.13. The van der Waals surface area contributed by atoms with Crippen LogP contribution >= 0.6 is 0 Å². The van der Waals surface area contributed by atoms with Crippen LogP contribution in [0.1, 0.15) is 48.3 Å². The molecule has 2 aromatic rings. The molecule has 1 aliphatic carbocycles. The Labute approximate surface area is 166 Å². The van der Waals surface area contributed by atoms with Gasteiger partial charge in [-0.3, -0.25) is 4.79 Å². The average molecular weight is 381 g/mol. The van der Waals surface area contributed by atoms with E-state index in [9.17, 15) is 9.18 Å². The standard InChI is InChI=1S/C24H28FNO2/c1-15-4-9-20(17-5-7-18(25)8-6-17)16(2)22(15)21-14-26-24(23(21)27)12-10-19(28-3)11-13-24/h4-9,19,21,26H,10-14H2,1-3H3. The van der Waals surface area contributed by atoms with Gasteiger partial charge in [-0.15, -0.1) is 0 Å². The molecule has 0 bridgehead atoms. The number of nitrogens with one attached hydrogen (secondary N) is 1. The lowest BCUT2D eigenvalue weighted by Crippen LogP contribution is -2.49. The van der Waals surface area contributed by atoms with Gasteiger partial charge in [0, 0.05) is 13.7 Å². The van der Waals surface area contributed by atoms with Gasteiger partial charge in [0.15, 0.2) is 5.78 Å². The minimum Gasteiger partial charge on any atom is -0.381 e. The average Bonchev–Trinajstić information content (AvgIpc) is 3.00. The number of hydrogen-bond donors (Lipinski definition) is 1. The zero-order valence-corrected chi connectivity index (χ0v) is 16.8. The first-order valence-corrected chi connectivity index (χ1v) is 10.1. The summed E-state index contributed by atoms with van der Waals surface area (Å²) in [4.78, 5) is 13.5. The summed E-state index contributed by atoms with van der Waals surface area (Å²) in [6.45, 7) is 4.85. The molecule has 1 saturated heterocycles. The number of carbonyl (C=O) groups excluding carboxylic acids is 1. The van der Waals surface area contributed by atoms with Crippen molar-refractivity contribution < 1.29 is 13.9 Å². The lowest BCUT2D eigenvalue weighted by Gasteiger charge is -2.35. The smallest absolute Gasteiger partial charge is 0.161 e. The number of ketones is 1. The molecule has 1 unspecified atom stereocenters. The van der Waals surface area contributed by atoms with Gasteiger partial charge in [-0.1, -0.05) is 24.3 Å². The summed E-state index contributed by atoms with van der Waals surface area (Å²) in [6.07, 6.45) is 3.81. The molecule has 2 fully saturated rings. The van der Waals surface area contributed by atoms with Crippen molar-refractivity contribution in [2.45, 2.75) is 57.1 Å². The second-order valence-corrected chi connectivity index (χ2v) is 8.29. The third-order valence-corrected chi connectivity index (χ3v) is 6.79. The molecule has 0 amide bonds. The topological polar surface area (TPSA) is 38.3 Å². The molecule has 1 saturated carbocycles. The monoisotopic (exact) mass is 381 g/mol. The minimum absolute atomic E-state index is 0.125. The highest BCUT2D eigenvalue weighted by atomic mass is 19.1. The molecule has 0 radical (unpaired) electrons. The molecule has 1 spiro atoms. The van der Waals surface area contributed by atoms with Crippen molar-refractivity contribution in [2.24, 2.45) is 0 Å². The van der Waals surface area contributed by atoms with E-state index in [0.717, 1.165) is 53.5 Å². The van der Waals surface area contributed by atoms with Crippen LogP contribution in [0.15, 0.2) is 36.4 Å². The summed E-state index contributed by atoms with van der Waals surface area (Å²) >= 11 is 0.